The lowest BCUT2D eigenvalue weighted by molar-refractivity contribution is -0.138. The highest BCUT2D eigenvalue weighted by Crippen LogP contribution is 2.55. The van der Waals surface area contributed by atoms with E-state index in [2.05, 4.69) is 0 Å². The van der Waals surface area contributed by atoms with Crippen LogP contribution < -0.4 is 5.73 Å². The number of nitrogens with zero attached hydrogens (tertiary/aromatic N) is 4. The first kappa shape index (κ1) is 21.4. The van der Waals surface area contributed by atoms with Gasteiger partial charge in [-0.2, -0.15) is 29.0 Å². The predicted octanol–water partition coefficient (Wildman–Crippen LogP) is 3.84. The summed E-state index contributed by atoms with van der Waals surface area (Å²) in [5.41, 5.74) is 3.25. The molecule has 1 aromatic rings. The van der Waals surface area contributed by atoms with Crippen LogP contribution >= 0.6 is 0 Å². The van der Waals surface area contributed by atoms with Gasteiger partial charge in [-0.1, -0.05) is 24.3 Å². The summed E-state index contributed by atoms with van der Waals surface area (Å²) in [6.07, 6.45) is -2.89. The van der Waals surface area contributed by atoms with E-state index >= 15 is 0 Å². The molecule has 154 valence electrons. The van der Waals surface area contributed by atoms with Crippen LogP contribution in [0.25, 0.3) is 0 Å². The molecule has 8 heteroatoms. The van der Waals surface area contributed by atoms with Crippen LogP contribution in [0.3, 0.4) is 0 Å². The first-order chi connectivity index (χ1) is 14.1. The molecular weight excluding hydrogens is 391 g/mol. The van der Waals surface area contributed by atoms with Crippen molar-refractivity contribution in [2.45, 2.75) is 32.0 Å². The molecule has 0 unspecified atom stereocenters. The smallest absolute Gasteiger partial charge is 0.399 e. The molecule has 1 aliphatic carbocycles. The van der Waals surface area contributed by atoms with Gasteiger partial charge in [0, 0.05) is 31.0 Å². The fourth-order valence-corrected chi connectivity index (χ4v) is 4.49. The standard InChI is InChI=1S/C22H20F3N5/c1-13(2)30-8-7-14-16(9-26)20(29)21(11-27,12-28)19(17(14)10-30)15-5-3-4-6-18(15)22(23,24)25/h3-7,13,17,19H,8,10,29H2,1-2H3/t17-,19+/m1/s1. The third kappa shape index (κ3) is 3.12. The van der Waals surface area contributed by atoms with E-state index in [9.17, 15) is 29.0 Å². The van der Waals surface area contributed by atoms with Gasteiger partial charge >= 0.3 is 6.18 Å². The molecule has 0 saturated carbocycles. The van der Waals surface area contributed by atoms with Crippen molar-refractivity contribution in [1.82, 2.24) is 4.90 Å². The highest BCUT2D eigenvalue weighted by Gasteiger charge is 2.56. The largest absolute Gasteiger partial charge is 0.416 e. The fourth-order valence-electron chi connectivity index (χ4n) is 4.49. The molecule has 0 radical (unpaired) electrons. The van der Waals surface area contributed by atoms with Gasteiger partial charge in [0.25, 0.3) is 0 Å². The first-order valence-corrected chi connectivity index (χ1v) is 9.45. The van der Waals surface area contributed by atoms with Gasteiger partial charge in [-0.3, -0.25) is 4.90 Å². The summed E-state index contributed by atoms with van der Waals surface area (Å²) < 4.78 is 41.5. The third-order valence-electron chi connectivity index (χ3n) is 6.02. The van der Waals surface area contributed by atoms with Gasteiger partial charge in [0.1, 0.15) is 6.07 Å². The molecule has 0 saturated heterocycles. The molecule has 2 aliphatic rings. The summed E-state index contributed by atoms with van der Waals surface area (Å²) in [6, 6.07) is 10.8. The molecular formula is C22H20F3N5. The maximum atomic E-state index is 13.8. The van der Waals surface area contributed by atoms with E-state index in [1.54, 1.807) is 6.08 Å². The Hall–Kier alpha value is -3.28. The SMILES string of the molecule is CC(C)N1CC=C2C(C#N)=C(N)C(C#N)(C#N)[C@@H](c3ccccc3C(F)(F)F)[C@@H]2C1. The molecule has 0 spiro atoms. The van der Waals surface area contributed by atoms with E-state index in [0.29, 0.717) is 18.7 Å². The highest BCUT2D eigenvalue weighted by atomic mass is 19.4. The molecule has 0 amide bonds. The zero-order valence-electron chi connectivity index (χ0n) is 16.5. The summed E-state index contributed by atoms with van der Waals surface area (Å²) in [7, 11) is 0. The molecule has 0 fully saturated rings. The highest BCUT2D eigenvalue weighted by molar-refractivity contribution is 5.60. The number of benzene rings is 1. The number of allylic oxidation sites excluding steroid dienone is 2. The summed E-state index contributed by atoms with van der Waals surface area (Å²) >= 11 is 0. The van der Waals surface area contributed by atoms with Gasteiger partial charge in [0.2, 0.25) is 0 Å². The van der Waals surface area contributed by atoms with Crippen LogP contribution in [-0.4, -0.2) is 24.0 Å². The van der Waals surface area contributed by atoms with Crippen LogP contribution in [0.15, 0.2) is 47.2 Å². The predicted molar refractivity (Wildman–Crippen MR) is 103 cm³/mol. The molecule has 2 N–H and O–H groups in total. The number of halogens is 3. The lowest BCUT2D eigenvalue weighted by Gasteiger charge is -2.46. The van der Waals surface area contributed by atoms with Crippen molar-refractivity contribution < 1.29 is 13.2 Å². The summed E-state index contributed by atoms with van der Waals surface area (Å²) in [5, 5.41) is 29.7. The minimum atomic E-state index is -4.67. The molecule has 1 aliphatic heterocycles. The zero-order valence-corrected chi connectivity index (χ0v) is 16.5. The molecule has 2 atom stereocenters. The van der Waals surface area contributed by atoms with E-state index < -0.39 is 29.0 Å². The van der Waals surface area contributed by atoms with E-state index in [4.69, 9.17) is 5.73 Å². The quantitative estimate of drug-likeness (QED) is 0.797. The van der Waals surface area contributed by atoms with Crippen LogP contribution in [0, 0.1) is 45.3 Å². The second kappa shape index (κ2) is 7.52. The number of nitriles is 3. The van der Waals surface area contributed by atoms with Crippen molar-refractivity contribution in [1.29, 1.82) is 15.8 Å². The van der Waals surface area contributed by atoms with Crippen LogP contribution in [0.5, 0.6) is 0 Å². The number of fused-ring (bicyclic) bond motifs is 1. The molecule has 0 bridgehead atoms. The Morgan fingerprint density at radius 2 is 1.80 bits per heavy atom. The number of alkyl halides is 3. The second-order valence-corrected chi connectivity index (χ2v) is 7.81. The molecule has 30 heavy (non-hydrogen) atoms. The van der Waals surface area contributed by atoms with E-state index in [1.165, 1.54) is 18.2 Å². The van der Waals surface area contributed by atoms with Gasteiger partial charge < -0.3 is 5.73 Å². The van der Waals surface area contributed by atoms with Crippen molar-refractivity contribution in [2.24, 2.45) is 17.1 Å². The molecule has 3 rings (SSSR count). The molecule has 0 aromatic heterocycles. The van der Waals surface area contributed by atoms with Crippen molar-refractivity contribution in [3.05, 3.63) is 58.3 Å². The average molecular weight is 411 g/mol. The van der Waals surface area contributed by atoms with E-state index in [0.717, 1.165) is 6.07 Å². The number of hydrogen-bond donors (Lipinski definition) is 1. The van der Waals surface area contributed by atoms with Gasteiger partial charge in [0.05, 0.1) is 29.0 Å². The Balaban J connectivity index is 2.38. The zero-order chi connectivity index (χ0) is 22.3. The Labute approximate surface area is 173 Å². The van der Waals surface area contributed by atoms with E-state index in [-0.39, 0.29) is 22.9 Å². The first-order valence-electron chi connectivity index (χ1n) is 9.45. The lowest BCUT2D eigenvalue weighted by atomic mass is 9.57. The Morgan fingerprint density at radius 3 is 2.33 bits per heavy atom. The van der Waals surface area contributed by atoms with Gasteiger partial charge in [-0.15, -0.1) is 0 Å². The van der Waals surface area contributed by atoms with Gasteiger partial charge in [-0.05, 0) is 31.1 Å². The molecule has 1 heterocycles. The summed E-state index contributed by atoms with van der Waals surface area (Å²) in [5.74, 6) is -1.83. The second-order valence-electron chi connectivity index (χ2n) is 7.81. The maximum Gasteiger partial charge on any atom is 0.416 e. The lowest BCUT2D eigenvalue weighted by Crippen LogP contribution is -2.49. The summed E-state index contributed by atoms with van der Waals surface area (Å²) in [6.45, 7) is 4.72. The number of hydrogen-bond acceptors (Lipinski definition) is 5. The average Bonchev–Trinajstić information content (AvgIpc) is 2.72. The minimum absolute atomic E-state index is 0.0206. The van der Waals surface area contributed by atoms with Crippen LogP contribution in [0.4, 0.5) is 13.2 Å². The fraction of sp³-hybridized carbons (Fsp3) is 0.409. The third-order valence-corrected chi connectivity index (χ3v) is 6.02. The Morgan fingerprint density at radius 1 is 1.17 bits per heavy atom. The normalized spacial score (nSPS) is 23.8. The van der Waals surface area contributed by atoms with Crippen molar-refractivity contribution in [3.63, 3.8) is 0 Å². The Kier molecular flexibility index (Phi) is 5.37. The van der Waals surface area contributed by atoms with Crippen molar-refractivity contribution in [3.8, 4) is 18.2 Å². The van der Waals surface area contributed by atoms with E-state index in [1.807, 2.05) is 37.0 Å². The monoisotopic (exact) mass is 411 g/mol. The Bertz CT molecular complexity index is 1030. The van der Waals surface area contributed by atoms with Crippen molar-refractivity contribution >= 4 is 0 Å². The minimum Gasteiger partial charge on any atom is -0.399 e. The maximum absolute atomic E-state index is 13.8. The van der Waals surface area contributed by atoms with Gasteiger partial charge in [-0.25, -0.2) is 0 Å². The van der Waals surface area contributed by atoms with Crippen LogP contribution in [0.2, 0.25) is 0 Å². The topological polar surface area (TPSA) is 101 Å². The van der Waals surface area contributed by atoms with Crippen molar-refractivity contribution in [2.75, 3.05) is 13.1 Å². The summed E-state index contributed by atoms with van der Waals surface area (Å²) in [4.78, 5) is 2.04. The van der Waals surface area contributed by atoms with Crippen LogP contribution in [-0.2, 0) is 6.18 Å². The number of nitrogens with two attached hydrogens (primary N) is 1. The molecule has 5 nitrogen and oxygen atoms in total. The van der Waals surface area contributed by atoms with Gasteiger partial charge in [0.15, 0.2) is 5.41 Å². The van der Waals surface area contributed by atoms with Crippen LogP contribution in [0.1, 0.15) is 30.9 Å². The number of rotatable bonds is 2. The molecule has 1 aromatic carbocycles.